The summed E-state index contributed by atoms with van der Waals surface area (Å²) in [6, 6.07) is 0. The fraction of sp³-hybridized carbons (Fsp3) is 0.833. The molecule has 0 aliphatic carbocycles. The number of hydrogen-bond donors (Lipinski definition) is 1. The van der Waals surface area contributed by atoms with Crippen molar-refractivity contribution >= 4 is 5.97 Å². The molecule has 1 N–H and O–H groups in total. The van der Waals surface area contributed by atoms with E-state index in [1.54, 1.807) is 0 Å². The minimum absolute atomic E-state index is 0.330. The van der Waals surface area contributed by atoms with Crippen LogP contribution in [0.25, 0.3) is 0 Å². The van der Waals surface area contributed by atoms with Gasteiger partial charge in [0.15, 0.2) is 0 Å². The van der Waals surface area contributed by atoms with E-state index in [1.807, 2.05) is 0 Å². The lowest BCUT2D eigenvalue weighted by Crippen LogP contribution is -1.98. The summed E-state index contributed by atoms with van der Waals surface area (Å²) >= 11 is 0. The summed E-state index contributed by atoms with van der Waals surface area (Å²) in [4.78, 5) is 10.4. The molecule has 0 aliphatic rings. The summed E-state index contributed by atoms with van der Waals surface area (Å²) in [5.41, 5.74) is 0. The molecule has 0 aromatic heterocycles. The van der Waals surface area contributed by atoms with E-state index < -0.39 is 5.97 Å². The van der Waals surface area contributed by atoms with E-state index >= 15 is 0 Å². The number of hydrogen-bond acceptors (Lipinski definition) is 1. The minimum Gasteiger partial charge on any atom is -0.481 e. The molecule has 0 aromatic rings. The Morgan fingerprint density at radius 2 is 1.55 bits per heavy atom. The zero-order valence-corrected chi connectivity index (χ0v) is 13.6. The number of carboxylic acids is 1. The van der Waals surface area contributed by atoms with E-state index in [4.69, 9.17) is 5.11 Å². The molecular weight excluding hydrogens is 248 g/mol. The molecule has 0 aromatic carbocycles. The molecule has 2 nitrogen and oxygen atoms in total. The molecule has 1 atom stereocenters. The van der Waals surface area contributed by atoms with E-state index in [2.05, 4.69) is 26.0 Å². The number of unbranched alkanes of at least 4 members (excludes halogenated alkanes) is 6. The summed E-state index contributed by atoms with van der Waals surface area (Å²) < 4.78 is 0. The van der Waals surface area contributed by atoms with Gasteiger partial charge < -0.3 is 5.11 Å². The Morgan fingerprint density at radius 3 is 2.15 bits per heavy atom. The van der Waals surface area contributed by atoms with Gasteiger partial charge in [-0.05, 0) is 31.6 Å². The van der Waals surface area contributed by atoms with Crippen LogP contribution in [-0.2, 0) is 4.79 Å². The molecule has 0 aliphatic heterocycles. The maximum absolute atomic E-state index is 10.4. The predicted molar refractivity (Wildman–Crippen MR) is 87.0 cm³/mol. The Bertz CT molecular complexity index is 246. The Balaban J connectivity index is 3.24. The molecule has 0 heterocycles. The van der Waals surface area contributed by atoms with Crippen molar-refractivity contribution in [1.29, 1.82) is 0 Å². The lowest BCUT2D eigenvalue weighted by atomic mass is 9.96. The first-order valence-electron chi connectivity index (χ1n) is 8.53. The van der Waals surface area contributed by atoms with Crippen LogP contribution in [0.15, 0.2) is 12.2 Å². The molecule has 0 fully saturated rings. The standard InChI is InChI=1S/C18H34O2/c1-3-4-5-6-7-8-9-10-11-14-17(2)15-12-13-16-18(19)20/h6-7,17H,3-5,8-16H2,1-2H3,(H,19,20)/b7-6-/t17-/m0/s1. The van der Waals surface area contributed by atoms with Crippen LogP contribution in [-0.4, -0.2) is 11.1 Å². The van der Waals surface area contributed by atoms with Gasteiger partial charge in [0.25, 0.3) is 0 Å². The molecule has 20 heavy (non-hydrogen) atoms. The van der Waals surface area contributed by atoms with Gasteiger partial charge >= 0.3 is 5.97 Å². The highest BCUT2D eigenvalue weighted by atomic mass is 16.4. The average Bonchev–Trinajstić information content (AvgIpc) is 2.41. The summed E-state index contributed by atoms with van der Waals surface area (Å²) in [6.45, 7) is 4.53. The molecule has 0 bridgehead atoms. The van der Waals surface area contributed by atoms with Gasteiger partial charge in [0.2, 0.25) is 0 Å². The molecule has 0 spiro atoms. The first-order chi connectivity index (χ1) is 9.66. The number of rotatable bonds is 14. The van der Waals surface area contributed by atoms with Crippen molar-refractivity contribution in [2.75, 3.05) is 0 Å². The first kappa shape index (κ1) is 19.2. The fourth-order valence-electron chi connectivity index (χ4n) is 2.40. The SMILES string of the molecule is CCCC/C=C\CCCCC[C@H](C)CCCCC(=O)O. The predicted octanol–water partition coefficient (Wildman–Crippen LogP) is 5.96. The van der Waals surface area contributed by atoms with Crippen molar-refractivity contribution < 1.29 is 9.90 Å². The fourth-order valence-corrected chi connectivity index (χ4v) is 2.40. The maximum atomic E-state index is 10.4. The highest BCUT2D eigenvalue weighted by molar-refractivity contribution is 5.66. The molecule has 118 valence electrons. The van der Waals surface area contributed by atoms with Crippen LogP contribution in [0.4, 0.5) is 0 Å². The highest BCUT2D eigenvalue weighted by Gasteiger charge is 2.03. The van der Waals surface area contributed by atoms with Gasteiger partial charge in [0.1, 0.15) is 0 Å². The van der Waals surface area contributed by atoms with Crippen molar-refractivity contribution in [2.45, 2.75) is 90.9 Å². The summed E-state index contributed by atoms with van der Waals surface area (Å²) in [6.07, 6.45) is 18.4. The van der Waals surface area contributed by atoms with Crippen molar-refractivity contribution in [1.82, 2.24) is 0 Å². The van der Waals surface area contributed by atoms with E-state index in [-0.39, 0.29) is 0 Å². The van der Waals surface area contributed by atoms with Gasteiger partial charge in [-0.25, -0.2) is 0 Å². The average molecular weight is 282 g/mol. The first-order valence-corrected chi connectivity index (χ1v) is 8.53. The number of aliphatic carboxylic acids is 1. The molecule has 0 radical (unpaired) electrons. The Kier molecular flexibility index (Phi) is 14.0. The molecule has 0 amide bonds. The third-order valence-corrected chi connectivity index (χ3v) is 3.80. The van der Waals surface area contributed by atoms with Gasteiger partial charge in [0, 0.05) is 6.42 Å². The van der Waals surface area contributed by atoms with E-state index in [9.17, 15) is 4.79 Å². The van der Waals surface area contributed by atoms with Crippen LogP contribution < -0.4 is 0 Å². The zero-order valence-electron chi connectivity index (χ0n) is 13.6. The Hall–Kier alpha value is -0.790. The van der Waals surface area contributed by atoms with Gasteiger partial charge in [-0.15, -0.1) is 0 Å². The van der Waals surface area contributed by atoms with Crippen LogP contribution in [0, 0.1) is 5.92 Å². The lowest BCUT2D eigenvalue weighted by Gasteiger charge is -2.10. The maximum Gasteiger partial charge on any atom is 0.303 e. The third kappa shape index (κ3) is 15.3. The second kappa shape index (κ2) is 14.6. The number of carboxylic acid groups (broad SMARTS) is 1. The summed E-state index contributed by atoms with van der Waals surface area (Å²) in [5, 5.41) is 8.57. The van der Waals surface area contributed by atoms with Crippen LogP contribution in [0.3, 0.4) is 0 Å². The van der Waals surface area contributed by atoms with Gasteiger partial charge in [0.05, 0.1) is 0 Å². The van der Waals surface area contributed by atoms with Crippen molar-refractivity contribution in [3.05, 3.63) is 12.2 Å². The van der Waals surface area contributed by atoms with E-state index in [0.717, 1.165) is 18.8 Å². The topological polar surface area (TPSA) is 37.3 Å². The second-order valence-electron chi connectivity index (χ2n) is 6.00. The quantitative estimate of drug-likeness (QED) is 0.315. The number of allylic oxidation sites excluding steroid dienone is 2. The van der Waals surface area contributed by atoms with Gasteiger partial charge in [-0.3, -0.25) is 4.79 Å². The molecule has 0 rings (SSSR count). The van der Waals surface area contributed by atoms with Crippen LogP contribution in [0.2, 0.25) is 0 Å². The molecular formula is C18H34O2. The van der Waals surface area contributed by atoms with Crippen LogP contribution >= 0.6 is 0 Å². The minimum atomic E-state index is -0.662. The van der Waals surface area contributed by atoms with E-state index in [1.165, 1.54) is 57.8 Å². The zero-order chi connectivity index (χ0) is 15.1. The normalized spacial score (nSPS) is 12.9. The summed E-state index contributed by atoms with van der Waals surface area (Å²) in [5.74, 6) is 0.0912. The van der Waals surface area contributed by atoms with Gasteiger partial charge in [-0.1, -0.05) is 70.9 Å². The van der Waals surface area contributed by atoms with E-state index in [0.29, 0.717) is 6.42 Å². The van der Waals surface area contributed by atoms with Crippen LogP contribution in [0.1, 0.15) is 90.9 Å². The smallest absolute Gasteiger partial charge is 0.303 e. The Morgan fingerprint density at radius 1 is 0.950 bits per heavy atom. The summed E-state index contributed by atoms with van der Waals surface area (Å²) in [7, 11) is 0. The molecule has 2 heteroatoms. The van der Waals surface area contributed by atoms with Gasteiger partial charge in [-0.2, -0.15) is 0 Å². The molecule has 0 saturated carbocycles. The molecule has 0 unspecified atom stereocenters. The third-order valence-electron chi connectivity index (χ3n) is 3.80. The molecule has 0 saturated heterocycles. The lowest BCUT2D eigenvalue weighted by molar-refractivity contribution is -0.137. The monoisotopic (exact) mass is 282 g/mol. The highest BCUT2D eigenvalue weighted by Crippen LogP contribution is 2.17. The second-order valence-corrected chi connectivity index (χ2v) is 6.00. The van der Waals surface area contributed by atoms with Crippen LogP contribution in [0.5, 0.6) is 0 Å². The Labute approximate surface area is 125 Å². The van der Waals surface area contributed by atoms with Crippen molar-refractivity contribution in [2.24, 2.45) is 5.92 Å². The van der Waals surface area contributed by atoms with Crippen molar-refractivity contribution in [3.8, 4) is 0 Å². The number of carbonyl (C=O) groups is 1. The van der Waals surface area contributed by atoms with Crippen molar-refractivity contribution in [3.63, 3.8) is 0 Å². The largest absolute Gasteiger partial charge is 0.481 e.